The molecule has 1 atom stereocenters. The van der Waals surface area contributed by atoms with Gasteiger partial charge in [-0.2, -0.15) is 0 Å². The summed E-state index contributed by atoms with van der Waals surface area (Å²) >= 11 is 0. The maximum Gasteiger partial charge on any atom is 0.220 e. The Balaban J connectivity index is 2.20. The first kappa shape index (κ1) is 12.5. The molecule has 0 aromatic heterocycles. The maximum absolute atomic E-state index is 11.7. The Hall–Kier alpha value is -0.530. The van der Waals surface area contributed by atoms with E-state index in [0.29, 0.717) is 18.4 Å². The van der Waals surface area contributed by atoms with Crippen LogP contribution in [0.4, 0.5) is 0 Å². The number of hydrogen-bond acceptors (Lipinski definition) is 1. The summed E-state index contributed by atoms with van der Waals surface area (Å²) in [6.07, 6.45) is 6.68. The molecule has 88 valence electrons. The van der Waals surface area contributed by atoms with Gasteiger partial charge >= 0.3 is 0 Å². The Morgan fingerprint density at radius 2 is 1.93 bits per heavy atom. The van der Waals surface area contributed by atoms with Crippen molar-refractivity contribution in [2.75, 3.05) is 0 Å². The Bertz CT molecular complexity index is 195. The van der Waals surface area contributed by atoms with E-state index in [1.807, 2.05) is 0 Å². The lowest BCUT2D eigenvalue weighted by molar-refractivity contribution is -0.122. The molecular formula is C13H25NO. The molecule has 1 rings (SSSR count). The molecule has 1 amide bonds. The van der Waals surface area contributed by atoms with Gasteiger partial charge in [0.25, 0.3) is 0 Å². The lowest BCUT2D eigenvalue weighted by atomic mass is 9.87. The lowest BCUT2D eigenvalue weighted by Gasteiger charge is -2.27. The van der Waals surface area contributed by atoms with E-state index in [1.54, 1.807) is 0 Å². The van der Waals surface area contributed by atoms with Crippen molar-refractivity contribution in [2.45, 2.75) is 65.3 Å². The van der Waals surface area contributed by atoms with Crippen LogP contribution in [-0.4, -0.2) is 11.9 Å². The summed E-state index contributed by atoms with van der Waals surface area (Å²) in [4.78, 5) is 11.7. The molecular weight excluding hydrogens is 186 g/mol. The summed E-state index contributed by atoms with van der Waals surface area (Å²) in [5.74, 6) is 1.63. The average molecular weight is 211 g/mol. The molecule has 15 heavy (non-hydrogen) atoms. The van der Waals surface area contributed by atoms with E-state index in [2.05, 4.69) is 26.1 Å². The highest BCUT2D eigenvalue weighted by molar-refractivity contribution is 5.76. The van der Waals surface area contributed by atoms with E-state index in [9.17, 15) is 4.79 Å². The molecule has 2 heteroatoms. The molecule has 0 heterocycles. The first-order valence-electron chi connectivity index (χ1n) is 6.41. The van der Waals surface area contributed by atoms with Crippen molar-refractivity contribution < 1.29 is 4.79 Å². The third-order valence-corrected chi connectivity index (χ3v) is 3.61. The van der Waals surface area contributed by atoms with Gasteiger partial charge in [-0.25, -0.2) is 0 Å². The second kappa shape index (κ2) is 6.14. The van der Waals surface area contributed by atoms with Crippen molar-refractivity contribution >= 4 is 5.91 Å². The van der Waals surface area contributed by atoms with Crippen LogP contribution in [-0.2, 0) is 4.79 Å². The van der Waals surface area contributed by atoms with E-state index in [1.165, 1.54) is 25.7 Å². The highest BCUT2D eigenvalue weighted by Crippen LogP contribution is 2.23. The zero-order valence-electron chi connectivity index (χ0n) is 10.4. The minimum Gasteiger partial charge on any atom is -0.353 e. The molecule has 0 bridgehead atoms. The summed E-state index contributed by atoms with van der Waals surface area (Å²) in [5.41, 5.74) is 0. The third-order valence-electron chi connectivity index (χ3n) is 3.61. The normalized spacial score (nSPS) is 28.5. The van der Waals surface area contributed by atoms with E-state index >= 15 is 0 Å². The van der Waals surface area contributed by atoms with Crippen LogP contribution >= 0.6 is 0 Å². The fraction of sp³-hybridized carbons (Fsp3) is 0.923. The Labute approximate surface area is 93.8 Å². The molecule has 1 N–H and O–H groups in total. The fourth-order valence-electron chi connectivity index (χ4n) is 2.15. The predicted octanol–water partition coefficient (Wildman–Crippen LogP) is 3.12. The average Bonchev–Trinajstić information content (AvgIpc) is 2.21. The molecule has 1 unspecified atom stereocenters. The molecule has 1 saturated carbocycles. The third kappa shape index (κ3) is 4.67. The SMILES string of the molecule is CCC(C)CC(=O)NC1CCC(C)CC1. The molecule has 0 aromatic rings. The summed E-state index contributed by atoms with van der Waals surface area (Å²) in [6, 6.07) is 0.456. The molecule has 0 saturated heterocycles. The van der Waals surface area contributed by atoms with Crippen molar-refractivity contribution in [3.63, 3.8) is 0 Å². The molecule has 1 fully saturated rings. The lowest BCUT2D eigenvalue weighted by Crippen LogP contribution is -2.37. The topological polar surface area (TPSA) is 29.1 Å². The Morgan fingerprint density at radius 3 is 2.47 bits per heavy atom. The van der Waals surface area contributed by atoms with Crippen molar-refractivity contribution in [1.82, 2.24) is 5.32 Å². The van der Waals surface area contributed by atoms with E-state index < -0.39 is 0 Å². The number of hydrogen-bond donors (Lipinski definition) is 1. The molecule has 0 aromatic carbocycles. The van der Waals surface area contributed by atoms with Crippen LogP contribution in [0.2, 0.25) is 0 Å². The summed E-state index contributed by atoms with van der Waals surface area (Å²) < 4.78 is 0. The number of amides is 1. The van der Waals surface area contributed by atoms with Gasteiger partial charge in [-0.1, -0.05) is 27.2 Å². The standard InChI is InChI=1S/C13H25NO/c1-4-10(2)9-13(15)14-12-7-5-11(3)6-8-12/h10-12H,4-9H2,1-3H3,(H,14,15). The van der Waals surface area contributed by atoms with Crippen LogP contribution in [0, 0.1) is 11.8 Å². The number of carbonyl (C=O) groups is 1. The number of rotatable bonds is 4. The molecule has 0 spiro atoms. The highest BCUT2D eigenvalue weighted by Gasteiger charge is 2.19. The van der Waals surface area contributed by atoms with Crippen LogP contribution in [0.5, 0.6) is 0 Å². The van der Waals surface area contributed by atoms with Crippen LogP contribution < -0.4 is 5.32 Å². The minimum absolute atomic E-state index is 0.254. The van der Waals surface area contributed by atoms with Gasteiger partial charge < -0.3 is 5.32 Å². The molecule has 0 radical (unpaired) electrons. The Kier molecular flexibility index (Phi) is 5.13. The van der Waals surface area contributed by atoms with Gasteiger partial charge in [0.15, 0.2) is 0 Å². The van der Waals surface area contributed by atoms with Crippen molar-refractivity contribution in [3.8, 4) is 0 Å². The maximum atomic E-state index is 11.7. The Morgan fingerprint density at radius 1 is 1.33 bits per heavy atom. The number of nitrogens with one attached hydrogen (secondary N) is 1. The van der Waals surface area contributed by atoms with Gasteiger partial charge in [0.2, 0.25) is 5.91 Å². The summed E-state index contributed by atoms with van der Waals surface area (Å²) in [6.45, 7) is 6.58. The molecule has 0 aliphatic heterocycles. The summed E-state index contributed by atoms with van der Waals surface area (Å²) in [5, 5.41) is 3.17. The van der Waals surface area contributed by atoms with Gasteiger partial charge in [-0.15, -0.1) is 0 Å². The van der Waals surface area contributed by atoms with Crippen molar-refractivity contribution in [1.29, 1.82) is 0 Å². The zero-order valence-corrected chi connectivity index (χ0v) is 10.4. The van der Waals surface area contributed by atoms with Crippen molar-refractivity contribution in [2.24, 2.45) is 11.8 Å². The van der Waals surface area contributed by atoms with Gasteiger partial charge in [0.1, 0.15) is 0 Å². The monoisotopic (exact) mass is 211 g/mol. The van der Waals surface area contributed by atoms with E-state index in [4.69, 9.17) is 0 Å². The molecule has 1 aliphatic rings. The first-order valence-corrected chi connectivity index (χ1v) is 6.41. The van der Waals surface area contributed by atoms with E-state index in [-0.39, 0.29) is 5.91 Å². The number of carbonyl (C=O) groups excluding carboxylic acids is 1. The van der Waals surface area contributed by atoms with Crippen LogP contribution in [0.1, 0.15) is 59.3 Å². The summed E-state index contributed by atoms with van der Waals surface area (Å²) in [7, 11) is 0. The van der Waals surface area contributed by atoms with Gasteiger partial charge in [-0.3, -0.25) is 4.79 Å². The van der Waals surface area contributed by atoms with E-state index in [0.717, 1.165) is 12.3 Å². The molecule has 2 nitrogen and oxygen atoms in total. The van der Waals surface area contributed by atoms with Gasteiger partial charge in [0, 0.05) is 12.5 Å². The first-order chi connectivity index (χ1) is 7.11. The van der Waals surface area contributed by atoms with Crippen LogP contribution in [0.3, 0.4) is 0 Å². The zero-order chi connectivity index (χ0) is 11.3. The van der Waals surface area contributed by atoms with Gasteiger partial charge in [0.05, 0.1) is 0 Å². The largest absolute Gasteiger partial charge is 0.353 e. The molecule has 1 aliphatic carbocycles. The van der Waals surface area contributed by atoms with Gasteiger partial charge in [-0.05, 0) is 37.5 Å². The van der Waals surface area contributed by atoms with Crippen LogP contribution in [0.25, 0.3) is 0 Å². The fourth-order valence-corrected chi connectivity index (χ4v) is 2.15. The smallest absolute Gasteiger partial charge is 0.220 e. The second-order valence-electron chi connectivity index (χ2n) is 5.24. The highest BCUT2D eigenvalue weighted by atomic mass is 16.1. The van der Waals surface area contributed by atoms with Crippen LogP contribution in [0.15, 0.2) is 0 Å². The quantitative estimate of drug-likeness (QED) is 0.760. The minimum atomic E-state index is 0.254. The van der Waals surface area contributed by atoms with Crippen molar-refractivity contribution in [3.05, 3.63) is 0 Å². The predicted molar refractivity (Wildman–Crippen MR) is 63.6 cm³/mol. The second-order valence-corrected chi connectivity index (χ2v) is 5.24.